The van der Waals surface area contributed by atoms with E-state index in [1.165, 1.54) is 0 Å². The van der Waals surface area contributed by atoms with Crippen molar-refractivity contribution in [2.45, 2.75) is 46.3 Å². The number of hydrogen-bond acceptors (Lipinski definition) is 5. The maximum absolute atomic E-state index is 12.5. The molecule has 0 fully saturated rings. The van der Waals surface area contributed by atoms with Crippen LogP contribution in [0.25, 0.3) is 10.9 Å². The molecule has 2 aromatic rings. The molecule has 7 nitrogen and oxygen atoms in total. The summed E-state index contributed by atoms with van der Waals surface area (Å²) in [6.07, 6.45) is 0.146. The lowest BCUT2D eigenvalue weighted by atomic mass is 10.0. The van der Waals surface area contributed by atoms with Crippen LogP contribution >= 0.6 is 0 Å². The second kappa shape index (κ2) is 7.92. The number of ether oxygens (including phenoxy) is 1. The first-order chi connectivity index (χ1) is 11.8. The van der Waals surface area contributed by atoms with Crippen molar-refractivity contribution in [1.82, 2.24) is 15.3 Å². The molecule has 1 atom stereocenters. The maximum atomic E-state index is 12.5. The third kappa shape index (κ3) is 4.89. The van der Waals surface area contributed by atoms with Crippen molar-refractivity contribution in [3.8, 4) is 0 Å². The van der Waals surface area contributed by atoms with Crippen LogP contribution in [-0.4, -0.2) is 34.0 Å². The van der Waals surface area contributed by atoms with Gasteiger partial charge >= 0.3 is 5.97 Å². The van der Waals surface area contributed by atoms with Crippen LogP contribution < -0.4 is 10.9 Å². The number of rotatable bonds is 6. The van der Waals surface area contributed by atoms with Gasteiger partial charge in [-0.1, -0.05) is 26.0 Å². The molecule has 1 aromatic heterocycles. The Morgan fingerprint density at radius 3 is 2.52 bits per heavy atom. The molecule has 1 amide bonds. The van der Waals surface area contributed by atoms with E-state index < -0.39 is 23.5 Å². The highest BCUT2D eigenvalue weighted by atomic mass is 16.5. The molecule has 25 heavy (non-hydrogen) atoms. The number of nitrogens with zero attached hydrogens (tertiary/aromatic N) is 1. The number of fused-ring (bicyclic) bond motifs is 1. The van der Waals surface area contributed by atoms with Gasteiger partial charge in [-0.3, -0.25) is 9.59 Å². The van der Waals surface area contributed by atoms with Crippen LogP contribution in [-0.2, 0) is 9.53 Å². The molecule has 134 valence electrons. The molecule has 1 aromatic carbocycles. The minimum Gasteiger partial charge on any atom is -0.461 e. The minimum absolute atomic E-state index is 0.130. The second-order valence-corrected chi connectivity index (χ2v) is 6.57. The second-order valence-electron chi connectivity index (χ2n) is 6.57. The van der Waals surface area contributed by atoms with Gasteiger partial charge in [0.25, 0.3) is 11.5 Å². The lowest BCUT2D eigenvalue weighted by molar-refractivity contribution is -0.150. The lowest BCUT2D eigenvalue weighted by Crippen LogP contribution is -2.44. The number of aromatic amines is 1. The fraction of sp³-hybridized carbons (Fsp3) is 0.444. The molecule has 0 unspecified atom stereocenters. The third-order valence-electron chi connectivity index (χ3n) is 3.48. The van der Waals surface area contributed by atoms with E-state index in [2.05, 4.69) is 15.3 Å². The summed E-state index contributed by atoms with van der Waals surface area (Å²) in [5.74, 6) is -1.07. The summed E-state index contributed by atoms with van der Waals surface area (Å²) < 4.78 is 5.20. The molecule has 0 saturated carbocycles. The Morgan fingerprint density at radius 2 is 1.88 bits per heavy atom. The fourth-order valence-corrected chi connectivity index (χ4v) is 2.42. The fourth-order valence-electron chi connectivity index (χ4n) is 2.42. The van der Waals surface area contributed by atoms with Crippen molar-refractivity contribution >= 4 is 22.8 Å². The van der Waals surface area contributed by atoms with Crippen LogP contribution in [0.15, 0.2) is 29.1 Å². The van der Waals surface area contributed by atoms with Gasteiger partial charge in [0.2, 0.25) is 0 Å². The monoisotopic (exact) mass is 345 g/mol. The number of aromatic nitrogens is 2. The van der Waals surface area contributed by atoms with E-state index in [0.29, 0.717) is 17.3 Å². The summed E-state index contributed by atoms with van der Waals surface area (Å²) in [4.78, 5) is 43.4. The summed E-state index contributed by atoms with van der Waals surface area (Å²) >= 11 is 0. The molecule has 0 radical (unpaired) electrons. The topological polar surface area (TPSA) is 101 Å². The maximum Gasteiger partial charge on any atom is 0.328 e. The molecular formula is C18H23N3O4. The Balaban J connectivity index is 2.25. The molecule has 2 rings (SSSR count). The van der Waals surface area contributed by atoms with E-state index >= 15 is 0 Å². The predicted molar refractivity (Wildman–Crippen MR) is 94.3 cm³/mol. The average molecular weight is 345 g/mol. The third-order valence-corrected chi connectivity index (χ3v) is 3.48. The first-order valence-electron chi connectivity index (χ1n) is 8.28. The summed E-state index contributed by atoms with van der Waals surface area (Å²) in [7, 11) is 0. The Morgan fingerprint density at radius 1 is 1.20 bits per heavy atom. The molecule has 2 N–H and O–H groups in total. The van der Waals surface area contributed by atoms with Crippen molar-refractivity contribution in [3.05, 3.63) is 40.4 Å². The van der Waals surface area contributed by atoms with Gasteiger partial charge in [-0.2, -0.15) is 0 Å². The van der Waals surface area contributed by atoms with Crippen molar-refractivity contribution in [2.75, 3.05) is 0 Å². The number of amides is 1. The highest BCUT2D eigenvalue weighted by Crippen LogP contribution is 2.10. The summed E-state index contributed by atoms with van der Waals surface area (Å²) in [6, 6.07) is 5.94. The van der Waals surface area contributed by atoms with E-state index in [1.54, 1.807) is 38.1 Å². The van der Waals surface area contributed by atoms with Crippen LogP contribution in [0.2, 0.25) is 0 Å². The highest BCUT2D eigenvalue weighted by molar-refractivity contribution is 5.95. The van der Waals surface area contributed by atoms with Gasteiger partial charge in [-0.25, -0.2) is 9.78 Å². The van der Waals surface area contributed by atoms with E-state index in [9.17, 15) is 14.4 Å². The molecule has 0 aliphatic rings. The molecule has 0 spiro atoms. The molecule has 0 bridgehead atoms. The summed E-state index contributed by atoms with van der Waals surface area (Å²) in [5, 5.41) is 3.02. The van der Waals surface area contributed by atoms with Gasteiger partial charge in [0.1, 0.15) is 6.04 Å². The number of carbonyl (C=O) groups excluding carboxylic acids is 2. The first-order valence-corrected chi connectivity index (χ1v) is 8.28. The van der Waals surface area contributed by atoms with Gasteiger partial charge in [-0.05, 0) is 38.3 Å². The average Bonchev–Trinajstić information content (AvgIpc) is 2.53. The van der Waals surface area contributed by atoms with E-state index in [1.807, 2.05) is 13.8 Å². The Kier molecular flexibility index (Phi) is 5.90. The number of hydrogen-bond donors (Lipinski definition) is 2. The van der Waals surface area contributed by atoms with Crippen molar-refractivity contribution in [3.63, 3.8) is 0 Å². The largest absolute Gasteiger partial charge is 0.461 e. The smallest absolute Gasteiger partial charge is 0.328 e. The predicted octanol–water partition coefficient (Wildman–Crippen LogP) is 2.02. The van der Waals surface area contributed by atoms with Crippen LogP contribution in [0, 0.1) is 5.92 Å². The van der Waals surface area contributed by atoms with Gasteiger partial charge in [0.05, 0.1) is 17.0 Å². The summed E-state index contributed by atoms with van der Waals surface area (Å²) in [6.45, 7) is 7.37. The van der Waals surface area contributed by atoms with Crippen molar-refractivity contribution in [1.29, 1.82) is 0 Å². The van der Waals surface area contributed by atoms with Gasteiger partial charge in [0.15, 0.2) is 5.82 Å². The Hall–Kier alpha value is -2.70. The van der Waals surface area contributed by atoms with E-state index in [0.717, 1.165) is 0 Å². The Bertz CT molecular complexity index is 826. The number of para-hydroxylation sites is 1. The quantitative estimate of drug-likeness (QED) is 0.780. The zero-order valence-corrected chi connectivity index (χ0v) is 14.8. The molecule has 1 heterocycles. The number of esters is 1. The number of benzene rings is 1. The van der Waals surface area contributed by atoms with Gasteiger partial charge < -0.3 is 15.0 Å². The van der Waals surface area contributed by atoms with Crippen LogP contribution in [0.5, 0.6) is 0 Å². The lowest BCUT2D eigenvalue weighted by Gasteiger charge is -2.20. The zero-order valence-electron chi connectivity index (χ0n) is 14.8. The molecule has 0 saturated heterocycles. The van der Waals surface area contributed by atoms with E-state index in [4.69, 9.17) is 4.74 Å². The molecular weight excluding hydrogens is 322 g/mol. The van der Waals surface area contributed by atoms with Crippen LogP contribution in [0.4, 0.5) is 0 Å². The molecule has 0 aliphatic heterocycles. The van der Waals surface area contributed by atoms with Crippen molar-refractivity contribution in [2.24, 2.45) is 5.92 Å². The number of H-pyrrole nitrogens is 1. The molecule has 0 aliphatic carbocycles. The minimum atomic E-state index is -0.799. The Labute approximate surface area is 145 Å². The number of nitrogens with one attached hydrogen (secondary N) is 2. The standard InChI is InChI=1S/C18H23N3O4/c1-10(2)9-14(18(24)25-11(3)4)20-17(23)15-19-13-8-6-5-7-12(13)16(22)21-15/h5-8,10-11,14H,9H2,1-4H3,(H,20,23)(H,19,21,22)/t14-/m0/s1. The first kappa shape index (κ1) is 18.6. The SMILES string of the molecule is CC(C)C[C@H](NC(=O)c1nc2ccccc2c(=O)[nH]1)C(=O)OC(C)C. The summed E-state index contributed by atoms with van der Waals surface area (Å²) in [5.41, 5.74) is 0.0162. The van der Waals surface area contributed by atoms with Gasteiger partial charge in [0, 0.05) is 0 Å². The van der Waals surface area contributed by atoms with Crippen molar-refractivity contribution < 1.29 is 14.3 Å². The van der Waals surface area contributed by atoms with E-state index in [-0.39, 0.29) is 17.8 Å². The van der Waals surface area contributed by atoms with Crippen LogP contribution in [0.1, 0.15) is 44.7 Å². The highest BCUT2D eigenvalue weighted by Gasteiger charge is 2.25. The number of carbonyl (C=O) groups is 2. The normalized spacial score (nSPS) is 12.4. The zero-order chi connectivity index (χ0) is 18.6. The van der Waals surface area contributed by atoms with Crippen LogP contribution in [0.3, 0.4) is 0 Å². The van der Waals surface area contributed by atoms with Gasteiger partial charge in [-0.15, -0.1) is 0 Å². The molecule has 7 heteroatoms.